The SMILES string of the molecule is Fc1ccc(F)c2c(C3CC3)c(CNC3CC3)oc12. The molecule has 1 aromatic heterocycles. The van der Waals surface area contributed by atoms with Gasteiger partial charge in [0.2, 0.25) is 0 Å². The number of fused-ring (bicyclic) bond motifs is 1. The van der Waals surface area contributed by atoms with E-state index >= 15 is 0 Å². The third-order valence-electron chi connectivity index (χ3n) is 3.97. The minimum atomic E-state index is -0.476. The molecule has 2 aromatic rings. The van der Waals surface area contributed by atoms with Crippen molar-refractivity contribution in [3.8, 4) is 0 Å². The van der Waals surface area contributed by atoms with Crippen LogP contribution < -0.4 is 5.32 Å². The standard InChI is InChI=1S/C15H15F2NO/c16-10-5-6-11(17)15-14(10)13(8-1-2-8)12(19-15)7-18-9-3-4-9/h5-6,8-9,18H,1-4,7H2. The average molecular weight is 263 g/mol. The van der Waals surface area contributed by atoms with Crippen LogP contribution in [0.4, 0.5) is 8.78 Å². The number of halogens is 2. The minimum Gasteiger partial charge on any atom is -0.456 e. The number of furan rings is 1. The molecule has 2 aliphatic carbocycles. The van der Waals surface area contributed by atoms with Gasteiger partial charge in [-0.25, -0.2) is 8.78 Å². The Bertz CT molecular complexity index is 641. The zero-order valence-corrected chi connectivity index (χ0v) is 10.5. The summed E-state index contributed by atoms with van der Waals surface area (Å²) in [6.07, 6.45) is 4.45. The molecule has 0 radical (unpaired) electrons. The molecule has 0 atom stereocenters. The van der Waals surface area contributed by atoms with Crippen molar-refractivity contribution in [3.05, 3.63) is 35.1 Å². The maximum Gasteiger partial charge on any atom is 0.173 e. The van der Waals surface area contributed by atoms with E-state index in [2.05, 4.69) is 5.32 Å². The van der Waals surface area contributed by atoms with Crippen LogP contribution in [0, 0.1) is 11.6 Å². The maximum absolute atomic E-state index is 14.0. The van der Waals surface area contributed by atoms with E-state index in [-0.39, 0.29) is 11.4 Å². The van der Waals surface area contributed by atoms with E-state index < -0.39 is 5.82 Å². The van der Waals surface area contributed by atoms with Gasteiger partial charge >= 0.3 is 0 Å². The number of benzene rings is 1. The Labute approximate surface area is 109 Å². The lowest BCUT2D eigenvalue weighted by molar-refractivity contribution is 0.489. The van der Waals surface area contributed by atoms with Crippen LogP contribution in [0.3, 0.4) is 0 Å². The summed E-state index contributed by atoms with van der Waals surface area (Å²) in [7, 11) is 0. The molecule has 2 aliphatic rings. The van der Waals surface area contributed by atoms with E-state index in [1.54, 1.807) is 0 Å². The molecular weight excluding hydrogens is 248 g/mol. The smallest absolute Gasteiger partial charge is 0.173 e. The molecule has 0 unspecified atom stereocenters. The van der Waals surface area contributed by atoms with Crippen LogP contribution in [0.2, 0.25) is 0 Å². The van der Waals surface area contributed by atoms with E-state index in [9.17, 15) is 8.78 Å². The lowest BCUT2D eigenvalue weighted by Crippen LogP contribution is -2.15. The summed E-state index contributed by atoms with van der Waals surface area (Å²) in [6.45, 7) is 0.573. The van der Waals surface area contributed by atoms with Crippen molar-refractivity contribution in [1.29, 1.82) is 0 Å². The Hall–Kier alpha value is -1.42. The average Bonchev–Trinajstić information content (AvgIpc) is 3.30. The van der Waals surface area contributed by atoms with Crippen molar-refractivity contribution in [1.82, 2.24) is 5.32 Å². The van der Waals surface area contributed by atoms with Gasteiger partial charge in [-0.2, -0.15) is 0 Å². The first-order chi connectivity index (χ1) is 9.24. The Kier molecular flexibility index (Phi) is 2.42. The molecule has 0 bridgehead atoms. The van der Waals surface area contributed by atoms with Crippen LogP contribution >= 0.6 is 0 Å². The topological polar surface area (TPSA) is 25.2 Å². The summed E-state index contributed by atoms with van der Waals surface area (Å²) in [4.78, 5) is 0. The fourth-order valence-electron chi connectivity index (χ4n) is 2.66. The van der Waals surface area contributed by atoms with Crippen molar-refractivity contribution in [3.63, 3.8) is 0 Å². The number of hydrogen-bond acceptors (Lipinski definition) is 2. The van der Waals surface area contributed by atoms with Gasteiger partial charge in [-0.3, -0.25) is 0 Å². The highest BCUT2D eigenvalue weighted by atomic mass is 19.1. The summed E-state index contributed by atoms with van der Waals surface area (Å²) in [6, 6.07) is 2.88. The summed E-state index contributed by atoms with van der Waals surface area (Å²) in [5.74, 6) is 0.206. The van der Waals surface area contributed by atoms with E-state index in [0.29, 0.717) is 29.7 Å². The fraction of sp³-hybridized carbons (Fsp3) is 0.467. The second kappa shape index (κ2) is 4.04. The zero-order valence-electron chi connectivity index (χ0n) is 10.5. The first-order valence-electron chi connectivity index (χ1n) is 6.86. The maximum atomic E-state index is 14.0. The van der Waals surface area contributed by atoms with Gasteiger partial charge < -0.3 is 9.73 Å². The molecule has 0 amide bonds. The van der Waals surface area contributed by atoms with Gasteiger partial charge in [0.25, 0.3) is 0 Å². The highest BCUT2D eigenvalue weighted by Gasteiger charge is 2.33. The molecule has 0 spiro atoms. The molecule has 2 saturated carbocycles. The molecule has 100 valence electrons. The second-order valence-electron chi connectivity index (χ2n) is 5.60. The third kappa shape index (κ3) is 1.94. The summed E-state index contributed by atoms with van der Waals surface area (Å²) in [5, 5.41) is 3.71. The van der Waals surface area contributed by atoms with Crippen molar-refractivity contribution < 1.29 is 13.2 Å². The molecular formula is C15H15F2NO. The number of rotatable bonds is 4. The van der Waals surface area contributed by atoms with Crippen molar-refractivity contribution in [2.75, 3.05) is 0 Å². The van der Waals surface area contributed by atoms with Crippen molar-refractivity contribution in [2.24, 2.45) is 0 Å². The summed E-state index contributed by atoms with van der Waals surface area (Å²) < 4.78 is 33.4. The summed E-state index contributed by atoms with van der Waals surface area (Å²) in [5.41, 5.74) is 0.967. The van der Waals surface area contributed by atoms with Crippen LogP contribution in [0.1, 0.15) is 42.9 Å². The van der Waals surface area contributed by atoms with E-state index in [4.69, 9.17) is 4.42 Å². The molecule has 2 nitrogen and oxygen atoms in total. The first-order valence-corrected chi connectivity index (χ1v) is 6.86. The fourth-order valence-corrected chi connectivity index (χ4v) is 2.66. The highest BCUT2D eigenvalue weighted by Crippen LogP contribution is 2.47. The van der Waals surface area contributed by atoms with Crippen LogP contribution in [0.25, 0.3) is 11.0 Å². The first kappa shape index (κ1) is 11.4. The summed E-state index contributed by atoms with van der Waals surface area (Å²) >= 11 is 0. The third-order valence-corrected chi connectivity index (χ3v) is 3.97. The van der Waals surface area contributed by atoms with Crippen LogP contribution in [-0.2, 0) is 6.54 Å². The molecule has 4 rings (SSSR count). The Morgan fingerprint density at radius 3 is 2.53 bits per heavy atom. The predicted octanol–water partition coefficient (Wildman–Crippen LogP) is 3.84. The zero-order chi connectivity index (χ0) is 13.0. The normalized spacial score (nSPS) is 19.3. The Morgan fingerprint density at radius 1 is 1.11 bits per heavy atom. The van der Waals surface area contributed by atoms with Crippen LogP contribution in [-0.4, -0.2) is 6.04 Å². The van der Waals surface area contributed by atoms with Crippen molar-refractivity contribution in [2.45, 2.75) is 44.2 Å². The Morgan fingerprint density at radius 2 is 1.84 bits per heavy atom. The van der Waals surface area contributed by atoms with Gasteiger partial charge in [-0.05, 0) is 43.7 Å². The quantitative estimate of drug-likeness (QED) is 0.906. The van der Waals surface area contributed by atoms with E-state index in [1.807, 2.05) is 0 Å². The van der Waals surface area contributed by atoms with Gasteiger partial charge in [0.05, 0.1) is 11.9 Å². The van der Waals surface area contributed by atoms with E-state index in [0.717, 1.165) is 24.5 Å². The number of nitrogens with one attached hydrogen (secondary N) is 1. The van der Waals surface area contributed by atoms with Gasteiger partial charge in [0.1, 0.15) is 11.6 Å². The molecule has 4 heteroatoms. The molecule has 1 N–H and O–H groups in total. The lowest BCUT2D eigenvalue weighted by Gasteiger charge is -2.02. The van der Waals surface area contributed by atoms with Crippen LogP contribution in [0.15, 0.2) is 16.5 Å². The van der Waals surface area contributed by atoms with Crippen molar-refractivity contribution >= 4 is 11.0 Å². The number of hydrogen-bond donors (Lipinski definition) is 1. The second-order valence-corrected chi connectivity index (χ2v) is 5.60. The highest BCUT2D eigenvalue weighted by molar-refractivity contribution is 5.84. The van der Waals surface area contributed by atoms with Crippen LogP contribution in [0.5, 0.6) is 0 Å². The van der Waals surface area contributed by atoms with Gasteiger partial charge in [0, 0.05) is 11.6 Å². The molecule has 2 fully saturated rings. The van der Waals surface area contributed by atoms with Gasteiger partial charge in [-0.15, -0.1) is 0 Å². The minimum absolute atomic E-state index is 0.0782. The predicted molar refractivity (Wildman–Crippen MR) is 68.0 cm³/mol. The van der Waals surface area contributed by atoms with Gasteiger partial charge in [-0.1, -0.05) is 0 Å². The molecule has 0 aliphatic heterocycles. The monoisotopic (exact) mass is 263 g/mol. The molecule has 0 saturated heterocycles. The van der Waals surface area contributed by atoms with E-state index in [1.165, 1.54) is 18.9 Å². The molecule has 1 heterocycles. The Balaban J connectivity index is 1.83. The largest absolute Gasteiger partial charge is 0.456 e. The molecule has 1 aromatic carbocycles. The molecule has 19 heavy (non-hydrogen) atoms. The lowest BCUT2D eigenvalue weighted by atomic mass is 10.1. The van der Waals surface area contributed by atoms with Gasteiger partial charge in [0.15, 0.2) is 11.4 Å².